The number of rotatable bonds is 3. The van der Waals surface area contributed by atoms with Crippen LogP contribution in [0.4, 0.5) is 5.69 Å². The minimum atomic E-state index is -3.22. The summed E-state index contributed by atoms with van der Waals surface area (Å²) in [4.78, 5) is 4.37. The topological polar surface area (TPSA) is 59.1 Å². The van der Waals surface area contributed by atoms with Crippen molar-refractivity contribution in [3.8, 4) is 0 Å². The van der Waals surface area contributed by atoms with E-state index in [9.17, 15) is 8.42 Å². The highest BCUT2D eigenvalue weighted by Crippen LogP contribution is 2.30. The van der Waals surface area contributed by atoms with Crippen LogP contribution in [0.5, 0.6) is 0 Å². The summed E-state index contributed by atoms with van der Waals surface area (Å²) in [5, 5.41) is 0. The van der Waals surface area contributed by atoms with Crippen LogP contribution in [-0.4, -0.2) is 25.9 Å². The Balaban J connectivity index is 2.43. The number of thioether (sulfide) groups is 1. The number of anilines is 1. The summed E-state index contributed by atoms with van der Waals surface area (Å²) in [6.07, 6.45) is 3.10. The van der Waals surface area contributed by atoms with E-state index in [0.29, 0.717) is 5.69 Å². The van der Waals surface area contributed by atoms with Gasteiger partial charge < -0.3 is 0 Å². The van der Waals surface area contributed by atoms with Crippen molar-refractivity contribution in [2.24, 2.45) is 0 Å². The molecule has 2 aromatic rings. The Morgan fingerprint density at radius 2 is 2.19 bits per heavy atom. The highest BCUT2D eigenvalue weighted by Gasteiger charge is 2.06. The largest absolute Gasteiger partial charge is 0.284 e. The van der Waals surface area contributed by atoms with Gasteiger partial charge in [0.1, 0.15) is 0 Å². The number of fused-ring (bicyclic) bond motifs is 1. The van der Waals surface area contributed by atoms with Crippen molar-refractivity contribution in [1.29, 1.82) is 0 Å². The van der Waals surface area contributed by atoms with E-state index in [-0.39, 0.29) is 0 Å². The second-order valence-electron chi connectivity index (χ2n) is 3.24. The van der Waals surface area contributed by atoms with Crippen LogP contribution in [0.3, 0.4) is 0 Å². The summed E-state index contributed by atoms with van der Waals surface area (Å²) in [5.41, 5.74) is 1.47. The predicted molar refractivity (Wildman–Crippen MR) is 69.9 cm³/mol. The zero-order valence-corrected chi connectivity index (χ0v) is 11.2. The van der Waals surface area contributed by atoms with Gasteiger partial charge in [0.2, 0.25) is 10.0 Å². The normalized spacial score (nSPS) is 11.9. The number of hydrogen-bond donors (Lipinski definition) is 1. The van der Waals surface area contributed by atoms with Gasteiger partial charge in [-0.05, 0) is 24.5 Å². The molecule has 86 valence electrons. The lowest BCUT2D eigenvalue weighted by atomic mass is 10.3. The van der Waals surface area contributed by atoms with E-state index in [2.05, 4.69) is 9.71 Å². The van der Waals surface area contributed by atoms with Crippen LogP contribution in [0.2, 0.25) is 0 Å². The van der Waals surface area contributed by atoms with Gasteiger partial charge in [-0.3, -0.25) is 4.72 Å². The highest BCUT2D eigenvalue weighted by molar-refractivity contribution is 8.00. The number of benzene rings is 1. The number of aromatic nitrogens is 1. The fourth-order valence-electron chi connectivity index (χ4n) is 1.27. The SMILES string of the molecule is CSc1nc2ccc(NS(C)(=O)=O)cc2s1. The Morgan fingerprint density at radius 3 is 2.81 bits per heavy atom. The number of hydrogen-bond acceptors (Lipinski definition) is 5. The van der Waals surface area contributed by atoms with E-state index >= 15 is 0 Å². The fraction of sp³-hybridized carbons (Fsp3) is 0.222. The van der Waals surface area contributed by atoms with Crippen molar-refractivity contribution in [3.05, 3.63) is 18.2 Å². The van der Waals surface area contributed by atoms with Crippen molar-refractivity contribution in [1.82, 2.24) is 4.98 Å². The molecule has 0 radical (unpaired) electrons. The van der Waals surface area contributed by atoms with Crippen LogP contribution >= 0.6 is 23.1 Å². The van der Waals surface area contributed by atoms with Gasteiger partial charge in [-0.1, -0.05) is 11.8 Å². The van der Waals surface area contributed by atoms with Crippen molar-refractivity contribution in [2.45, 2.75) is 4.34 Å². The first-order valence-electron chi connectivity index (χ1n) is 4.40. The zero-order chi connectivity index (χ0) is 11.8. The maximum Gasteiger partial charge on any atom is 0.229 e. The molecule has 1 heterocycles. The Hall–Kier alpha value is -0.790. The molecule has 0 saturated heterocycles. The molecule has 0 aliphatic heterocycles. The van der Waals surface area contributed by atoms with E-state index in [4.69, 9.17) is 0 Å². The van der Waals surface area contributed by atoms with Gasteiger partial charge in [0.15, 0.2) is 4.34 Å². The molecule has 0 fully saturated rings. The maximum atomic E-state index is 11.1. The van der Waals surface area contributed by atoms with E-state index in [1.165, 1.54) is 0 Å². The lowest BCUT2D eigenvalue weighted by molar-refractivity contribution is 0.607. The molecule has 1 aromatic carbocycles. The van der Waals surface area contributed by atoms with E-state index < -0.39 is 10.0 Å². The Labute approximate surface area is 102 Å². The first-order valence-corrected chi connectivity index (χ1v) is 8.33. The molecule has 1 aromatic heterocycles. The Kier molecular flexibility index (Phi) is 3.09. The molecule has 0 bridgehead atoms. The monoisotopic (exact) mass is 274 g/mol. The number of sulfonamides is 1. The first-order chi connectivity index (χ1) is 7.48. The van der Waals surface area contributed by atoms with Crippen molar-refractivity contribution >= 4 is 49.0 Å². The van der Waals surface area contributed by atoms with Crippen LogP contribution < -0.4 is 4.72 Å². The van der Waals surface area contributed by atoms with Crippen LogP contribution in [0.15, 0.2) is 22.5 Å². The lowest BCUT2D eigenvalue weighted by Gasteiger charge is -2.02. The smallest absolute Gasteiger partial charge is 0.229 e. The summed E-state index contributed by atoms with van der Waals surface area (Å²) in [5.74, 6) is 0. The molecule has 0 amide bonds. The summed E-state index contributed by atoms with van der Waals surface area (Å²) >= 11 is 3.14. The van der Waals surface area contributed by atoms with Crippen molar-refractivity contribution < 1.29 is 8.42 Å². The standard InChI is InChI=1S/C9H10N2O2S3/c1-14-9-10-7-4-3-6(5-8(7)15-9)11-16(2,12)13/h3-5,11H,1-2H3. The molecule has 0 unspecified atom stereocenters. The quantitative estimate of drug-likeness (QED) is 0.873. The Bertz CT molecular complexity index is 619. The van der Waals surface area contributed by atoms with Crippen LogP contribution in [0.25, 0.3) is 10.2 Å². The van der Waals surface area contributed by atoms with Gasteiger partial charge in [0.25, 0.3) is 0 Å². The molecule has 0 atom stereocenters. The van der Waals surface area contributed by atoms with Crippen LogP contribution in [-0.2, 0) is 10.0 Å². The van der Waals surface area contributed by atoms with E-state index in [0.717, 1.165) is 20.8 Å². The van der Waals surface area contributed by atoms with Crippen molar-refractivity contribution in [3.63, 3.8) is 0 Å². The zero-order valence-electron chi connectivity index (χ0n) is 8.72. The average Bonchev–Trinajstić information content (AvgIpc) is 2.57. The van der Waals surface area contributed by atoms with Crippen LogP contribution in [0, 0.1) is 0 Å². The predicted octanol–water partition coefficient (Wildman–Crippen LogP) is 2.39. The van der Waals surface area contributed by atoms with Gasteiger partial charge in [0, 0.05) is 0 Å². The molecule has 1 N–H and O–H groups in total. The third-order valence-corrected chi connectivity index (χ3v) is 4.46. The molecule has 0 aliphatic rings. The second-order valence-corrected chi connectivity index (χ2v) is 7.07. The molecule has 0 saturated carbocycles. The lowest BCUT2D eigenvalue weighted by Crippen LogP contribution is -2.09. The van der Waals surface area contributed by atoms with Gasteiger partial charge >= 0.3 is 0 Å². The molecule has 0 spiro atoms. The Morgan fingerprint density at radius 1 is 1.44 bits per heavy atom. The van der Waals surface area contributed by atoms with Gasteiger partial charge in [-0.25, -0.2) is 13.4 Å². The molecule has 4 nitrogen and oxygen atoms in total. The van der Waals surface area contributed by atoms with E-state index in [1.54, 1.807) is 35.2 Å². The maximum absolute atomic E-state index is 11.1. The number of thiazole rings is 1. The number of nitrogens with zero attached hydrogens (tertiary/aromatic N) is 1. The second kappa shape index (κ2) is 4.23. The average molecular weight is 274 g/mol. The summed E-state index contributed by atoms with van der Waals surface area (Å²) in [7, 11) is -3.22. The first kappa shape index (κ1) is 11.7. The fourth-order valence-corrected chi connectivity index (χ4v) is 3.35. The summed E-state index contributed by atoms with van der Waals surface area (Å²) in [6.45, 7) is 0. The van der Waals surface area contributed by atoms with Crippen molar-refractivity contribution in [2.75, 3.05) is 17.2 Å². The third-order valence-electron chi connectivity index (χ3n) is 1.85. The summed E-state index contributed by atoms with van der Waals surface area (Å²) < 4.78 is 26.5. The molecule has 0 aliphatic carbocycles. The van der Waals surface area contributed by atoms with Crippen LogP contribution in [0.1, 0.15) is 0 Å². The van der Waals surface area contributed by atoms with E-state index in [1.807, 2.05) is 12.3 Å². The third kappa shape index (κ3) is 2.66. The molecular weight excluding hydrogens is 264 g/mol. The molecule has 16 heavy (non-hydrogen) atoms. The molecule has 7 heteroatoms. The summed E-state index contributed by atoms with van der Waals surface area (Å²) in [6, 6.07) is 5.33. The highest BCUT2D eigenvalue weighted by atomic mass is 32.2. The minimum absolute atomic E-state index is 0.575. The van der Waals surface area contributed by atoms with Gasteiger partial charge in [-0.15, -0.1) is 11.3 Å². The van der Waals surface area contributed by atoms with Gasteiger partial charge in [0.05, 0.1) is 22.2 Å². The molecular formula is C9H10N2O2S3. The van der Waals surface area contributed by atoms with Gasteiger partial charge in [-0.2, -0.15) is 0 Å². The number of nitrogens with one attached hydrogen (secondary N) is 1. The minimum Gasteiger partial charge on any atom is -0.284 e. The molecule has 2 rings (SSSR count).